The van der Waals surface area contributed by atoms with E-state index in [9.17, 15) is 13.2 Å². The van der Waals surface area contributed by atoms with Crippen molar-refractivity contribution in [3.8, 4) is 28.6 Å². The van der Waals surface area contributed by atoms with Gasteiger partial charge in [-0.15, -0.1) is 0 Å². The monoisotopic (exact) mass is 535 g/mol. The number of ether oxygens (including phenoxy) is 3. The standard InChI is InChI=1S/C22H19Cl3F3N3O3/c1-3-20(33-19-5-4-13(12-29-19)22(26,27)28)34-21-15(17-6-8-31(2)30-17)10-14(11-16(21)23)32-9-7-18(24)25/h4-8,10-12,20H,3,9H2,1-2H3. The highest BCUT2D eigenvalue weighted by atomic mass is 35.5. The van der Waals surface area contributed by atoms with Gasteiger partial charge in [0, 0.05) is 43.6 Å². The number of halogens is 6. The molecule has 1 aromatic carbocycles. The Morgan fingerprint density at radius 1 is 1.18 bits per heavy atom. The minimum Gasteiger partial charge on any atom is -0.489 e. The molecule has 0 radical (unpaired) electrons. The van der Waals surface area contributed by atoms with Crippen molar-refractivity contribution in [3.63, 3.8) is 0 Å². The Balaban J connectivity index is 1.88. The SMILES string of the molecule is CCC(Oc1ccc(C(F)(F)F)cn1)Oc1c(Cl)cc(OCC=C(Cl)Cl)cc1-c1ccn(C)n1. The first-order valence-corrected chi connectivity index (χ1v) is 11.0. The molecular formula is C22H19Cl3F3N3O3. The predicted octanol–water partition coefficient (Wildman–Crippen LogP) is 7.05. The molecule has 34 heavy (non-hydrogen) atoms. The third-order valence-corrected chi connectivity index (χ3v) is 4.98. The second kappa shape index (κ2) is 11.2. The van der Waals surface area contributed by atoms with Gasteiger partial charge in [0.2, 0.25) is 12.2 Å². The third-order valence-electron chi connectivity index (χ3n) is 4.39. The van der Waals surface area contributed by atoms with Crippen molar-refractivity contribution in [2.75, 3.05) is 6.61 Å². The molecule has 0 saturated carbocycles. The van der Waals surface area contributed by atoms with Crippen LogP contribution in [0.25, 0.3) is 11.3 Å². The fourth-order valence-electron chi connectivity index (χ4n) is 2.80. The van der Waals surface area contributed by atoms with Crippen LogP contribution in [0.15, 0.2) is 53.3 Å². The van der Waals surface area contributed by atoms with Crippen molar-refractivity contribution in [2.45, 2.75) is 25.8 Å². The Kier molecular flexibility index (Phi) is 8.57. The molecule has 1 unspecified atom stereocenters. The quantitative estimate of drug-likeness (QED) is 0.274. The minimum absolute atomic E-state index is 0.0277. The summed E-state index contributed by atoms with van der Waals surface area (Å²) in [7, 11) is 1.76. The van der Waals surface area contributed by atoms with E-state index < -0.39 is 18.0 Å². The number of alkyl halides is 3. The van der Waals surface area contributed by atoms with Crippen LogP contribution in [0.2, 0.25) is 5.02 Å². The van der Waals surface area contributed by atoms with E-state index in [1.165, 1.54) is 6.08 Å². The molecular weight excluding hydrogens is 518 g/mol. The zero-order chi connectivity index (χ0) is 24.9. The second-order valence-electron chi connectivity index (χ2n) is 6.92. The summed E-state index contributed by atoms with van der Waals surface area (Å²) in [4.78, 5) is 3.73. The lowest BCUT2D eigenvalue weighted by Gasteiger charge is -2.21. The summed E-state index contributed by atoms with van der Waals surface area (Å²) < 4.78 is 57.3. The number of pyridine rings is 1. The summed E-state index contributed by atoms with van der Waals surface area (Å²) in [6.07, 6.45) is -1.13. The van der Waals surface area contributed by atoms with Gasteiger partial charge in [-0.1, -0.05) is 41.7 Å². The predicted molar refractivity (Wildman–Crippen MR) is 124 cm³/mol. The van der Waals surface area contributed by atoms with Crippen molar-refractivity contribution in [1.29, 1.82) is 0 Å². The first kappa shape index (κ1) is 26.0. The zero-order valence-corrected chi connectivity index (χ0v) is 20.2. The molecule has 0 aliphatic rings. The molecule has 0 spiro atoms. The molecule has 2 aromatic heterocycles. The average Bonchev–Trinajstić information content (AvgIpc) is 3.20. The first-order valence-electron chi connectivity index (χ1n) is 9.91. The van der Waals surface area contributed by atoms with Crippen molar-refractivity contribution in [1.82, 2.24) is 14.8 Å². The maximum Gasteiger partial charge on any atom is 0.417 e. The van der Waals surface area contributed by atoms with Gasteiger partial charge in [-0.2, -0.15) is 18.3 Å². The van der Waals surface area contributed by atoms with Crippen LogP contribution in [-0.4, -0.2) is 27.7 Å². The first-order chi connectivity index (χ1) is 16.1. The lowest BCUT2D eigenvalue weighted by atomic mass is 10.1. The second-order valence-corrected chi connectivity index (χ2v) is 8.33. The molecule has 2 heterocycles. The number of hydrogen-bond donors (Lipinski definition) is 0. The van der Waals surface area contributed by atoms with Gasteiger partial charge in [-0.05, 0) is 24.3 Å². The maximum atomic E-state index is 12.8. The largest absolute Gasteiger partial charge is 0.489 e. The topological polar surface area (TPSA) is 58.4 Å². The van der Waals surface area contributed by atoms with Gasteiger partial charge in [0.15, 0.2) is 5.75 Å². The van der Waals surface area contributed by atoms with Crippen LogP contribution in [0.1, 0.15) is 18.9 Å². The van der Waals surface area contributed by atoms with Crippen LogP contribution in [0.3, 0.4) is 0 Å². The fourth-order valence-corrected chi connectivity index (χ4v) is 3.18. The van der Waals surface area contributed by atoms with Gasteiger partial charge in [0.05, 0.1) is 16.3 Å². The molecule has 0 aliphatic carbocycles. The van der Waals surface area contributed by atoms with Crippen molar-refractivity contribution in [3.05, 3.63) is 63.9 Å². The molecule has 182 valence electrons. The molecule has 0 bridgehead atoms. The van der Waals surface area contributed by atoms with Gasteiger partial charge >= 0.3 is 6.18 Å². The third kappa shape index (κ3) is 6.94. The van der Waals surface area contributed by atoms with E-state index in [0.29, 0.717) is 29.6 Å². The summed E-state index contributed by atoms with van der Waals surface area (Å²) in [5.74, 6) is 0.652. The van der Waals surface area contributed by atoms with Crippen LogP contribution in [0.5, 0.6) is 17.4 Å². The van der Waals surface area contributed by atoms with Crippen molar-refractivity contribution < 1.29 is 27.4 Å². The van der Waals surface area contributed by atoms with Gasteiger partial charge in [-0.3, -0.25) is 4.68 Å². The molecule has 0 saturated heterocycles. The zero-order valence-electron chi connectivity index (χ0n) is 17.9. The number of rotatable bonds is 9. The lowest BCUT2D eigenvalue weighted by Crippen LogP contribution is -2.24. The summed E-state index contributed by atoms with van der Waals surface area (Å²) in [5.41, 5.74) is 0.194. The highest BCUT2D eigenvalue weighted by molar-refractivity contribution is 6.55. The summed E-state index contributed by atoms with van der Waals surface area (Å²) in [6.45, 7) is 1.89. The molecule has 0 amide bonds. The molecule has 6 nitrogen and oxygen atoms in total. The van der Waals surface area contributed by atoms with Crippen LogP contribution < -0.4 is 14.2 Å². The van der Waals surface area contributed by atoms with Crippen LogP contribution in [0.4, 0.5) is 13.2 Å². The minimum atomic E-state index is -4.49. The van der Waals surface area contributed by atoms with E-state index in [1.54, 1.807) is 43.0 Å². The lowest BCUT2D eigenvalue weighted by molar-refractivity contribution is -0.137. The van der Waals surface area contributed by atoms with Gasteiger partial charge in [0.1, 0.15) is 16.8 Å². The van der Waals surface area contributed by atoms with Crippen LogP contribution in [-0.2, 0) is 13.2 Å². The van der Waals surface area contributed by atoms with E-state index in [0.717, 1.165) is 12.1 Å². The summed E-state index contributed by atoms with van der Waals surface area (Å²) in [6, 6.07) is 7.00. The number of aromatic nitrogens is 3. The maximum absolute atomic E-state index is 12.8. The molecule has 0 fully saturated rings. The number of nitrogens with zero attached hydrogens (tertiary/aromatic N) is 3. The Morgan fingerprint density at radius 3 is 2.50 bits per heavy atom. The van der Waals surface area contributed by atoms with E-state index in [-0.39, 0.29) is 27.8 Å². The Hall–Kier alpha value is -2.62. The van der Waals surface area contributed by atoms with E-state index in [1.807, 2.05) is 0 Å². The molecule has 12 heteroatoms. The highest BCUT2D eigenvalue weighted by Crippen LogP contribution is 2.40. The summed E-state index contributed by atoms with van der Waals surface area (Å²) in [5, 5.41) is 4.60. The molecule has 1 atom stereocenters. The van der Waals surface area contributed by atoms with Gasteiger partial charge in [0.25, 0.3) is 0 Å². The molecule has 0 N–H and O–H groups in total. The number of benzene rings is 1. The Morgan fingerprint density at radius 2 is 1.94 bits per heavy atom. The summed E-state index contributed by atoms with van der Waals surface area (Å²) >= 11 is 17.7. The van der Waals surface area contributed by atoms with E-state index in [4.69, 9.17) is 49.0 Å². The van der Waals surface area contributed by atoms with Gasteiger partial charge in [-0.25, -0.2) is 4.98 Å². The Labute approximate surface area is 208 Å². The van der Waals surface area contributed by atoms with E-state index >= 15 is 0 Å². The molecule has 0 aliphatic heterocycles. The van der Waals surface area contributed by atoms with Crippen molar-refractivity contribution in [2.24, 2.45) is 7.05 Å². The fraction of sp³-hybridized carbons (Fsp3) is 0.273. The number of aryl methyl sites for hydroxylation is 1. The van der Waals surface area contributed by atoms with Crippen LogP contribution in [0, 0.1) is 0 Å². The van der Waals surface area contributed by atoms with E-state index in [2.05, 4.69) is 10.1 Å². The Bertz CT molecular complexity index is 1150. The highest BCUT2D eigenvalue weighted by Gasteiger charge is 2.31. The van der Waals surface area contributed by atoms with Crippen molar-refractivity contribution >= 4 is 34.8 Å². The molecule has 3 aromatic rings. The molecule has 3 rings (SSSR count). The van der Waals surface area contributed by atoms with Gasteiger partial charge < -0.3 is 14.2 Å². The smallest absolute Gasteiger partial charge is 0.417 e. The number of hydrogen-bond acceptors (Lipinski definition) is 5. The van der Waals surface area contributed by atoms with Crippen LogP contribution >= 0.6 is 34.8 Å². The average molecular weight is 537 g/mol. The normalized spacial score (nSPS) is 12.2.